The number of likely N-dealkylation sites (tertiary alicyclic amines) is 1. The van der Waals surface area contributed by atoms with Gasteiger partial charge in [-0.05, 0) is 81.1 Å². The minimum absolute atomic E-state index is 0.202. The number of aromatic nitrogens is 2. The van der Waals surface area contributed by atoms with Crippen LogP contribution in [-0.2, 0) is 13.1 Å². The lowest BCUT2D eigenvalue weighted by Gasteiger charge is -2.35. The number of imidazole rings is 1. The third-order valence-corrected chi connectivity index (χ3v) is 9.40. The molecule has 0 radical (unpaired) electrons. The summed E-state index contributed by atoms with van der Waals surface area (Å²) < 4.78 is 47.9. The van der Waals surface area contributed by atoms with Gasteiger partial charge in [0.25, 0.3) is 0 Å². The number of carboxylic acid groups (broad SMARTS) is 1. The minimum atomic E-state index is -0.990. The highest BCUT2D eigenvalue weighted by molar-refractivity contribution is 5.92. The Balaban J connectivity index is 1.09. The Morgan fingerprint density at radius 2 is 1.93 bits per heavy atom. The van der Waals surface area contributed by atoms with Crippen LogP contribution in [0.2, 0.25) is 0 Å². The van der Waals surface area contributed by atoms with Crippen LogP contribution in [0.1, 0.15) is 65.0 Å². The SMILES string of the molecule is COc1cc(F)ccc1[C@H]1COc2cccc(C3CCN(Cc4nc5ccc(C(=O)O)cc5n4CC4(CF)CC4)CC3)c2O1. The molecule has 7 rings (SSSR count). The number of rotatable bonds is 9. The highest BCUT2D eigenvalue weighted by atomic mass is 19.1. The summed E-state index contributed by atoms with van der Waals surface area (Å²) in [6, 6.07) is 15.4. The molecule has 0 bridgehead atoms. The van der Waals surface area contributed by atoms with Gasteiger partial charge >= 0.3 is 5.97 Å². The second-order valence-corrected chi connectivity index (χ2v) is 12.3. The first-order valence-corrected chi connectivity index (χ1v) is 15.1. The van der Waals surface area contributed by atoms with Gasteiger partial charge < -0.3 is 23.9 Å². The lowest BCUT2D eigenvalue weighted by molar-refractivity contribution is 0.0697. The van der Waals surface area contributed by atoms with Gasteiger partial charge in [-0.25, -0.2) is 14.2 Å². The molecular weight excluding hydrogens is 568 g/mol. The van der Waals surface area contributed by atoms with Crippen LogP contribution in [0.25, 0.3) is 11.0 Å². The van der Waals surface area contributed by atoms with Crippen molar-refractivity contribution in [3.63, 3.8) is 0 Å². The molecule has 2 aliphatic heterocycles. The molecule has 10 heteroatoms. The number of carbonyl (C=O) groups is 1. The van der Waals surface area contributed by atoms with Crippen LogP contribution in [0.5, 0.6) is 17.2 Å². The molecular formula is C34H35F2N3O5. The number of hydrogen-bond acceptors (Lipinski definition) is 6. The van der Waals surface area contributed by atoms with Gasteiger partial charge in [-0.2, -0.15) is 0 Å². The van der Waals surface area contributed by atoms with Gasteiger partial charge in [0, 0.05) is 29.2 Å². The molecule has 44 heavy (non-hydrogen) atoms. The minimum Gasteiger partial charge on any atom is -0.496 e. The van der Waals surface area contributed by atoms with E-state index in [2.05, 4.69) is 11.0 Å². The third-order valence-electron chi connectivity index (χ3n) is 9.40. The number of ether oxygens (including phenoxy) is 3. The van der Waals surface area contributed by atoms with E-state index in [4.69, 9.17) is 19.2 Å². The zero-order valence-electron chi connectivity index (χ0n) is 24.6. The van der Waals surface area contributed by atoms with Gasteiger partial charge in [0.1, 0.15) is 24.0 Å². The van der Waals surface area contributed by atoms with E-state index in [1.807, 2.05) is 16.7 Å². The van der Waals surface area contributed by atoms with Crippen molar-refractivity contribution < 1.29 is 32.9 Å². The first-order chi connectivity index (χ1) is 21.4. The maximum Gasteiger partial charge on any atom is 0.335 e. The topological polar surface area (TPSA) is 86.0 Å². The smallest absolute Gasteiger partial charge is 0.335 e. The number of halogens is 2. The van der Waals surface area contributed by atoms with Gasteiger partial charge in [-0.3, -0.25) is 9.29 Å². The lowest BCUT2D eigenvalue weighted by Crippen LogP contribution is -2.34. The summed E-state index contributed by atoms with van der Waals surface area (Å²) in [6.07, 6.45) is 3.04. The number of nitrogens with zero attached hydrogens (tertiary/aromatic N) is 3. The van der Waals surface area contributed by atoms with Gasteiger partial charge in [0.15, 0.2) is 17.6 Å². The van der Waals surface area contributed by atoms with E-state index in [0.717, 1.165) is 72.5 Å². The maximum absolute atomic E-state index is 13.9. The zero-order valence-corrected chi connectivity index (χ0v) is 24.6. The van der Waals surface area contributed by atoms with Crippen LogP contribution in [-0.4, -0.2) is 59.0 Å². The quantitative estimate of drug-likeness (QED) is 0.233. The fraction of sp³-hybridized carbons (Fsp3) is 0.412. The molecule has 1 atom stereocenters. The van der Waals surface area contributed by atoms with Crippen LogP contribution in [0.15, 0.2) is 54.6 Å². The number of para-hydroxylation sites is 1. The molecule has 2 fully saturated rings. The summed E-state index contributed by atoms with van der Waals surface area (Å²) >= 11 is 0. The van der Waals surface area contributed by atoms with E-state index in [1.54, 1.807) is 24.3 Å². The average Bonchev–Trinajstić information content (AvgIpc) is 3.75. The standard InChI is InChI=1S/C34H35F2N3O5/c1-42-29-16-23(36)6-7-25(29)30-18-43-28-4-2-3-24(32(28)44-30)21-9-13-38(14-10-21)17-31-37-26-8-5-22(33(40)41)15-27(26)39(31)20-34(19-35)11-12-34/h2-8,15-16,21,30H,9-14,17-20H2,1H3,(H,40,41)/t30-/m1/s1. The number of benzene rings is 3. The molecule has 1 aliphatic carbocycles. The van der Waals surface area contributed by atoms with E-state index in [1.165, 1.54) is 19.2 Å². The van der Waals surface area contributed by atoms with Crippen LogP contribution in [0.3, 0.4) is 0 Å². The van der Waals surface area contributed by atoms with Crippen molar-refractivity contribution in [2.45, 2.75) is 50.8 Å². The predicted molar refractivity (Wildman–Crippen MR) is 160 cm³/mol. The molecule has 0 amide bonds. The molecule has 1 N–H and O–H groups in total. The number of fused-ring (bicyclic) bond motifs is 2. The number of alkyl halides is 1. The molecule has 230 valence electrons. The van der Waals surface area contributed by atoms with Crippen molar-refractivity contribution in [2.75, 3.05) is 33.5 Å². The second kappa shape index (κ2) is 11.4. The normalized spacial score (nSPS) is 19.7. The summed E-state index contributed by atoms with van der Waals surface area (Å²) in [6.45, 7) is 2.69. The van der Waals surface area contributed by atoms with Crippen molar-refractivity contribution in [1.82, 2.24) is 14.5 Å². The molecule has 0 spiro atoms. The maximum atomic E-state index is 13.9. The van der Waals surface area contributed by atoms with E-state index in [-0.39, 0.29) is 22.7 Å². The van der Waals surface area contributed by atoms with Crippen LogP contribution >= 0.6 is 0 Å². The molecule has 8 nitrogen and oxygen atoms in total. The van der Waals surface area contributed by atoms with Crippen molar-refractivity contribution in [1.29, 1.82) is 0 Å². The molecule has 1 saturated heterocycles. The van der Waals surface area contributed by atoms with E-state index in [9.17, 15) is 18.7 Å². The van der Waals surface area contributed by atoms with Crippen LogP contribution in [0, 0.1) is 11.2 Å². The number of hydrogen-bond donors (Lipinski definition) is 1. The number of carboxylic acids is 1. The first-order valence-electron chi connectivity index (χ1n) is 15.1. The largest absolute Gasteiger partial charge is 0.496 e. The summed E-state index contributed by atoms with van der Waals surface area (Å²) in [5.41, 5.74) is 3.14. The lowest BCUT2D eigenvalue weighted by atomic mass is 9.88. The third kappa shape index (κ3) is 5.36. The highest BCUT2D eigenvalue weighted by Gasteiger charge is 2.44. The summed E-state index contributed by atoms with van der Waals surface area (Å²) in [5.74, 6) is 1.60. The van der Waals surface area contributed by atoms with Crippen LogP contribution in [0.4, 0.5) is 8.78 Å². The first kappa shape index (κ1) is 28.6. The van der Waals surface area contributed by atoms with Crippen molar-refractivity contribution >= 4 is 17.0 Å². The molecule has 1 aromatic heterocycles. The Morgan fingerprint density at radius 3 is 2.66 bits per heavy atom. The molecule has 3 aliphatic rings. The van der Waals surface area contributed by atoms with Crippen molar-refractivity contribution in [3.8, 4) is 17.2 Å². The molecule has 3 aromatic carbocycles. The monoisotopic (exact) mass is 603 g/mol. The molecule has 3 heterocycles. The summed E-state index contributed by atoms with van der Waals surface area (Å²) in [5, 5.41) is 9.56. The van der Waals surface area contributed by atoms with Crippen molar-refractivity contribution in [2.24, 2.45) is 5.41 Å². The Hall–Kier alpha value is -4.18. The molecule has 0 unspecified atom stereocenters. The van der Waals surface area contributed by atoms with Gasteiger partial charge in [-0.1, -0.05) is 12.1 Å². The fourth-order valence-corrected chi connectivity index (χ4v) is 6.59. The highest BCUT2D eigenvalue weighted by Crippen LogP contribution is 2.48. The molecule has 4 aromatic rings. The van der Waals surface area contributed by atoms with E-state index < -0.39 is 18.7 Å². The van der Waals surface area contributed by atoms with Gasteiger partial charge in [0.05, 0.1) is 36.9 Å². The Kier molecular flexibility index (Phi) is 7.40. The average molecular weight is 604 g/mol. The number of piperidine rings is 1. The number of aromatic carboxylic acids is 1. The van der Waals surface area contributed by atoms with Crippen LogP contribution < -0.4 is 14.2 Å². The second-order valence-electron chi connectivity index (χ2n) is 12.3. The predicted octanol–water partition coefficient (Wildman–Crippen LogP) is 6.52. The zero-order chi connectivity index (χ0) is 30.4. The Morgan fingerprint density at radius 1 is 1.11 bits per heavy atom. The Bertz CT molecular complexity index is 1710. The molecule has 1 saturated carbocycles. The van der Waals surface area contributed by atoms with E-state index in [0.29, 0.717) is 31.2 Å². The van der Waals surface area contributed by atoms with Crippen molar-refractivity contribution in [3.05, 3.63) is 82.9 Å². The van der Waals surface area contributed by atoms with E-state index >= 15 is 0 Å². The van der Waals surface area contributed by atoms with Gasteiger partial charge in [-0.15, -0.1) is 0 Å². The fourth-order valence-electron chi connectivity index (χ4n) is 6.59. The van der Waals surface area contributed by atoms with Gasteiger partial charge in [0.2, 0.25) is 0 Å². The summed E-state index contributed by atoms with van der Waals surface area (Å²) in [4.78, 5) is 18.9. The Labute approximate surface area is 254 Å². The number of methoxy groups -OCH3 is 1. The summed E-state index contributed by atoms with van der Waals surface area (Å²) in [7, 11) is 1.52.